The molecule has 0 saturated heterocycles. The van der Waals surface area contributed by atoms with Crippen LogP contribution in [0.2, 0.25) is 0 Å². The van der Waals surface area contributed by atoms with Gasteiger partial charge < -0.3 is 15.1 Å². The van der Waals surface area contributed by atoms with Gasteiger partial charge in [0.15, 0.2) is 0 Å². The summed E-state index contributed by atoms with van der Waals surface area (Å²) in [7, 11) is 3.88. The number of likely N-dealkylation sites (N-methyl/N-ethyl adjacent to an activating group) is 1. The molecule has 2 heterocycles. The van der Waals surface area contributed by atoms with Crippen LogP contribution < -0.4 is 10.2 Å². The lowest BCUT2D eigenvalue weighted by Crippen LogP contribution is -2.47. The summed E-state index contributed by atoms with van der Waals surface area (Å²) in [4.78, 5) is 40.9. The van der Waals surface area contributed by atoms with E-state index in [1.807, 2.05) is 73.3 Å². The first-order valence-electron chi connectivity index (χ1n) is 12.1. The van der Waals surface area contributed by atoms with Crippen molar-refractivity contribution >= 4 is 29.1 Å². The van der Waals surface area contributed by atoms with Gasteiger partial charge in [0, 0.05) is 31.5 Å². The van der Waals surface area contributed by atoms with Gasteiger partial charge in [-0.05, 0) is 51.2 Å². The summed E-state index contributed by atoms with van der Waals surface area (Å²) in [6.45, 7) is 4.98. The van der Waals surface area contributed by atoms with Gasteiger partial charge in [0.2, 0.25) is 5.91 Å². The molecule has 4 rings (SSSR count). The quantitative estimate of drug-likeness (QED) is 0.436. The van der Waals surface area contributed by atoms with Crippen LogP contribution in [0.1, 0.15) is 37.8 Å². The Labute approximate surface area is 213 Å². The normalized spacial score (nSPS) is 14.3. The van der Waals surface area contributed by atoms with Crippen LogP contribution in [0, 0.1) is 6.92 Å². The largest absolute Gasteiger partial charge is 0.331 e. The molecule has 0 fully saturated rings. The Morgan fingerprint density at radius 3 is 2.69 bits per heavy atom. The number of nitrogens with zero attached hydrogens (tertiary/aromatic N) is 5. The number of nitrogens with one attached hydrogen (secondary N) is 1. The van der Waals surface area contributed by atoms with Crippen LogP contribution in [0.3, 0.4) is 0 Å². The smallest absolute Gasteiger partial charge is 0.322 e. The SMILES string of the molecule is CCC(c1ccccc1)N1Cc2cnc(C)nc2N(c2cccc(NC(=O)/C=C/CN(C)C)c2)C1=O.[HH]. The number of fused-ring (bicyclic) bond motifs is 1. The minimum absolute atomic E-state index is 0. The van der Waals surface area contributed by atoms with E-state index in [1.165, 1.54) is 6.08 Å². The molecule has 1 unspecified atom stereocenters. The third kappa shape index (κ3) is 5.60. The number of hydrogen-bond acceptors (Lipinski definition) is 5. The van der Waals surface area contributed by atoms with E-state index in [9.17, 15) is 9.59 Å². The summed E-state index contributed by atoms with van der Waals surface area (Å²) in [5, 5.41) is 2.89. The van der Waals surface area contributed by atoms with Gasteiger partial charge in [-0.15, -0.1) is 0 Å². The molecule has 0 radical (unpaired) electrons. The predicted octanol–water partition coefficient (Wildman–Crippen LogP) is 5.31. The van der Waals surface area contributed by atoms with Crippen molar-refractivity contribution < 1.29 is 11.0 Å². The number of aryl methyl sites for hydroxylation is 1. The monoisotopic (exact) mass is 486 g/mol. The first kappa shape index (κ1) is 25.1. The van der Waals surface area contributed by atoms with Crippen LogP contribution in [-0.4, -0.2) is 52.3 Å². The van der Waals surface area contributed by atoms with Crippen LogP contribution >= 0.6 is 0 Å². The lowest BCUT2D eigenvalue weighted by molar-refractivity contribution is -0.111. The van der Waals surface area contributed by atoms with Gasteiger partial charge in [-0.3, -0.25) is 4.79 Å². The van der Waals surface area contributed by atoms with Gasteiger partial charge in [-0.25, -0.2) is 19.7 Å². The highest BCUT2D eigenvalue weighted by atomic mass is 16.2. The Morgan fingerprint density at radius 2 is 1.97 bits per heavy atom. The molecule has 3 amide bonds. The Kier molecular flexibility index (Phi) is 7.75. The van der Waals surface area contributed by atoms with E-state index in [2.05, 4.69) is 22.2 Å². The van der Waals surface area contributed by atoms with Crippen molar-refractivity contribution in [2.45, 2.75) is 32.9 Å². The molecule has 0 spiro atoms. The van der Waals surface area contributed by atoms with Crippen LogP contribution in [-0.2, 0) is 11.3 Å². The third-order valence-electron chi connectivity index (χ3n) is 6.01. The number of hydrogen-bond donors (Lipinski definition) is 1. The molecule has 1 atom stereocenters. The molecule has 8 heteroatoms. The summed E-state index contributed by atoms with van der Waals surface area (Å²) in [5.74, 6) is 0.931. The maximum absolute atomic E-state index is 14.0. The highest BCUT2D eigenvalue weighted by Crippen LogP contribution is 2.38. The molecule has 1 aliphatic heterocycles. The fraction of sp³-hybridized carbons (Fsp3) is 0.286. The van der Waals surface area contributed by atoms with Crippen molar-refractivity contribution in [2.75, 3.05) is 30.9 Å². The zero-order chi connectivity index (χ0) is 25.7. The minimum atomic E-state index is -0.228. The second kappa shape index (κ2) is 11.1. The molecule has 188 valence electrons. The number of aromatic nitrogens is 2. The van der Waals surface area contributed by atoms with Gasteiger partial charge >= 0.3 is 6.03 Å². The Hall–Kier alpha value is -4.04. The van der Waals surface area contributed by atoms with E-state index in [-0.39, 0.29) is 19.4 Å². The Bertz CT molecular complexity index is 1260. The van der Waals surface area contributed by atoms with Crippen molar-refractivity contribution in [1.29, 1.82) is 0 Å². The van der Waals surface area contributed by atoms with Crippen LogP contribution in [0.5, 0.6) is 0 Å². The van der Waals surface area contributed by atoms with Crippen LogP contribution in [0.15, 0.2) is 72.9 Å². The fourth-order valence-electron chi connectivity index (χ4n) is 4.32. The van der Waals surface area contributed by atoms with Crippen LogP contribution in [0.25, 0.3) is 0 Å². The third-order valence-corrected chi connectivity index (χ3v) is 6.01. The lowest BCUT2D eigenvalue weighted by atomic mass is 10.0. The van der Waals surface area contributed by atoms with Gasteiger partial charge in [0.05, 0.1) is 18.3 Å². The number of anilines is 3. The zero-order valence-electron chi connectivity index (χ0n) is 21.2. The zero-order valence-corrected chi connectivity index (χ0v) is 21.2. The summed E-state index contributed by atoms with van der Waals surface area (Å²) in [6, 6.07) is 17.1. The highest BCUT2D eigenvalue weighted by Gasteiger charge is 2.37. The van der Waals surface area contributed by atoms with Crippen LogP contribution in [0.4, 0.5) is 22.0 Å². The average Bonchev–Trinajstić information content (AvgIpc) is 2.85. The van der Waals surface area contributed by atoms with Crippen molar-refractivity contribution in [3.63, 3.8) is 0 Å². The molecule has 3 aromatic rings. The predicted molar refractivity (Wildman–Crippen MR) is 144 cm³/mol. The van der Waals surface area contributed by atoms with Crippen molar-refractivity contribution in [1.82, 2.24) is 19.8 Å². The summed E-state index contributed by atoms with van der Waals surface area (Å²) in [5.41, 5.74) is 3.17. The minimum Gasteiger partial charge on any atom is -0.322 e. The highest BCUT2D eigenvalue weighted by molar-refractivity contribution is 6.03. The van der Waals surface area contributed by atoms with E-state index in [0.717, 1.165) is 17.5 Å². The molecule has 1 N–H and O–H groups in total. The number of benzene rings is 2. The van der Waals surface area contributed by atoms with Crippen molar-refractivity contribution in [3.05, 3.63) is 89.9 Å². The molecule has 36 heavy (non-hydrogen) atoms. The van der Waals surface area contributed by atoms with E-state index in [1.54, 1.807) is 29.3 Å². The van der Waals surface area contributed by atoms with Crippen molar-refractivity contribution in [3.8, 4) is 0 Å². The first-order valence-corrected chi connectivity index (χ1v) is 12.1. The van der Waals surface area contributed by atoms with E-state index >= 15 is 0 Å². The maximum atomic E-state index is 14.0. The number of urea groups is 1. The molecular formula is C28H34N6O2. The van der Waals surface area contributed by atoms with Gasteiger partial charge in [-0.2, -0.15) is 0 Å². The van der Waals surface area contributed by atoms with E-state index in [0.29, 0.717) is 36.1 Å². The second-order valence-corrected chi connectivity index (χ2v) is 9.05. The molecule has 8 nitrogen and oxygen atoms in total. The molecular weight excluding hydrogens is 452 g/mol. The van der Waals surface area contributed by atoms with E-state index < -0.39 is 0 Å². The number of amides is 3. The maximum Gasteiger partial charge on any atom is 0.331 e. The second-order valence-electron chi connectivity index (χ2n) is 9.05. The summed E-state index contributed by atoms with van der Waals surface area (Å²) in [6.07, 6.45) is 5.87. The molecule has 2 aromatic carbocycles. The van der Waals surface area contributed by atoms with Gasteiger partial charge in [0.25, 0.3) is 0 Å². The molecule has 0 aliphatic carbocycles. The first-order chi connectivity index (χ1) is 17.4. The standard InChI is InChI=1S/C28H32N6O2.H2/c1-5-25(21-11-7-6-8-12-21)33-19-22-18-29-20(2)30-27(22)34(28(33)36)24-14-9-13-23(17-24)31-26(35)15-10-16-32(3)4;/h6-15,17-18,25H,5,16,19H2,1-4H3,(H,31,35);1H/b15-10+;. The molecule has 0 bridgehead atoms. The van der Waals surface area contributed by atoms with Gasteiger partial charge in [0.1, 0.15) is 11.6 Å². The Balaban J connectivity index is 0.00000380. The average molecular weight is 487 g/mol. The van der Waals surface area contributed by atoms with Gasteiger partial charge in [-0.1, -0.05) is 49.4 Å². The lowest BCUT2D eigenvalue weighted by Gasteiger charge is -2.40. The summed E-state index contributed by atoms with van der Waals surface area (Å²) < 4.78 is 0. The number of carbonyl (C=O) groups excluding carboxylic acids is 2. The summed E-state index contributed by atoms with van der Waals surface area (Å²) >= 11 is 0. The van der Waals surface area contributed by atoms with E-state index in [4.69, 9.17) is 0 Å². The molecule has 1 aliphatic rings. The molecule has 0 saturated carbocycles. The number of rotatable bonds is 8. The molecule has 1 aromatic heterocycles. The Morgan fingerprint density at radius 1 is 1.19 bits per heavy atom. The fourth-order valence-corrected chi connectivity index (χ4v) is 4.32. The number of carbonyl (C=O) groups is 2. The topological polar surface area (TPSA) is 81.7 Å². The van der Waals surface area contributed by atoms with Crippen molar-refractivity contribution in [2.24, 2.45) is 0 Å².